The van der Waals surface area contributed by atoms with Gasteiger partial charge in [0.25, 0.3) is 0 Å². The number of amides is 1. The van der Waals surface area contributed by atoms with Crippen LogP contribution in [0.3, 0.4) is 0 Å². The average molecular weight is 444 g/mol. The molecule has 3 rings (SSSR count). The number of imidazole rings is 1. The van der Waals surface area contributed by atoms with Crippen LogP contribution in [0.25, 0.3) is 16.9 Å². The first-order valence-electron chi connectivity index (χ1n) is 8.70. The van der Waals surface area contributed by atoms with Crippen LogP contribution in [0.2, 0.25) is 10.0 Å². The Balaban J connectivity index is 2.12. The maximum absolute atomic E-state index is 12.9. The number of carbonyl (C=O) groups excluding carboxylic acids is 1. The number of carbonyl (C=O) groups is 1. The van der Waals surface area contributed by atoms with Gasteiger partial charge >= 0.3 is 6.18 Å². The zero-order valence-electron chi connectivity index (χ0n) is 15.9. The molecule has 0 bridgehead atoms. The number of aromatic nitrogens is 2. The summed E-state index contributed by atoms with van der Waals surface area (Å²) >= 11 is 12.2. The van der Waals surface area contributed by atoms with Gasteiger partial charge in [-0.1, -0.05) is 56.1 Å². The van der Waals surface area contributed by atoms with Crippen molar-refractivity contribution in [1.29, 1.82) is 0 Å². The Labute approximate surface area is 175 Å². The van der Waals surface area contributed by atoms with Gasteiger partial charge in [-0.3, -0.25) is 9.20 Å². The maximum Gasteiger partial charge on any atom is 0.416 e. The number of rotatable bonds is 3. The van der Waals surface area contributed by atoms with E-state index in [1.54, 1.807) is 4.40 Å². The second-order valence-corrected chi connectivity index (χ2v) is 8.68. The molecule has 0 aliphatic rings. The highest BCUT2D eigenvalue weighted by Gasteiger charge is 2.30. The predicted octanol–water partition coefficient (Wildman–Crippen LogP) is 6.70. The van der Waals surface area contributed by atoms with E-state index in [1.165, 1.54) is 24.4 Å². The molecular weight excluding hydrogens is 426 g/mol. The number of hydrogen-bond acceptors (Lipinski definition) is 2. The first kappa shape index (κ1) is 21.5. The molecule has 2 aromatic heterocycles. The minimum Gasteiger partial charge on any atom is -0.309 e. The van der Waals surface area contributed by atoms with E-state index in [1.807, 2.05) is 20.8 Å². The lowest BCUT2D eigenvalue weighted by Gasteiger charge is -2.17. The molecule has 4 nitrogen and oxygen atoms in total. The summed E-state index contributed by atoms with van der Waals surface area (Å²) in [5.74, 6) is -0.0383. The minimum absolute atomic E-state index is 0.220. The number of fused-ring (bicyclic) bond motifs is 1. The Bertz CT molecular complexity index is 1070. The lowest BCUT2D eigenvalue weighted by molar-refractivity contribution is -0.137. The molecule has 0 radical (unpaired) electrons. The van der Waals surface area contributed by atoms with Gasteiger partial charge < -0.3 is 5.32 Å². The maximum atomic E-state index is 12.9. The molecule has 3 aromatic rings. The second-order valence-electron chi connectivity index (χ2n) is 7.87. The van der Waals surface area contributed by atoms with Crippen molar-refractivity contribution in [3.05, 3.63) is 52.1 Å². The van der Waals surface area contributed by atoms with Crippen molar-refractivity contribution in [2.24, 2.45) is 5.41 Å². The molecule has 0 fully saturated rings. The van der Waals surface area contributed by atoms with E-state index in [4.69, 9.17) is 23.2 Å². The van der Waals surface area contributed by atoms with E-state index in [9.17, 15) is 18.0 Å². The molecule has 0 atom stereocenters. The van der Waals surface area contributed by atoms with Crippen LogP contribution >= 0.6 is 23.2 Å². The van der Waals surface area contributed by atoms with Crippen LogP contribution in [-0.2, 0) is 11.0 Å². The minimum atomic E-state index is -4.45. The number of pyridine rings is 1. The number of halogens is 5. The van der Waals surface area contributed by atoms with Crippen molar-refractivity contribution < 1.29 is 18.0 Å². The van der Waals surface area contributed by atoms with E-state index in [2.05, 4.69) is 10.3 Å². The van der Waals surface area contributed by atoms with Gasteiger partial charge in [0.05, 0.1) is 21.3 Å². The smallest absolute Gasteiger partial charge is 0.309 e. The Hall–Kier alpha value is -2.25. The summed E-state index contributed by atoms with van der Waals surface area (Å²) in [6.07, 6.45) is -2.69. The molecule has 1 aromatic carbocycles. The predicted molar refractivity (Wildman–Crippen MR) is 108 cm³/mol. The molecule has 2 heterocycles. The van der Waals surface area contributed by atoms with Crippen LogP contribution in [0.1, 0.15) is 32.8 Å². The molecular formula is C20H18Cl2F3N3O. The van der Waals surface area contributed by atoms with Crippen molar-refractivity contribution in [3.8, 4) is 11.3 Å². The molecule has 0 aliphatic heterocycles. The highest BCUT2D eigenvalue weighted by atomic mass is 35.5. The molecule has 0 saturated heterocycles. The first-order chi connectivity index (χ1) is 13.3. The summed E-state index contributed by atoms with van der Waals surface area (Å²) in [5.41, 5.74) is 0.240. The van der Waals surface area contributed by atoms with E-state index in [-0.39, 0.29) is 33.6 Å². The molecule has 0 unspecified atom stereocenters. The topological polar surface area (TPSA) is 46.4 Å². The zero-order valence-corrected chi connectivity index (χ0v) is 17.4. The Morgan fingerprint density at radius 1 is 1.10 bits per heavy atom. The third kappa shape index (κ3) is 4.85. The Kier molecular flexibility index (Phi) is 5.58. The fraction of sp³-hybridized carbons (Fsp3) is 0.300. The fourth-order valence-electron chi connectivity index (χ4n) is 2.88. The van der Waals surface area contributed by atoms with E-state index < -0.39 is 11.7 Å². The van der Waals surface area contributed by atoms with Crippen molar-refractivity contribution in [2.75, 3.05) is 5.32 Å². The third-order valence-electron chi connectivity index (χ3n) is 4.10. The van der Waals surface area contributed by atoms with Crippen LogP contribution in [0.15, 0.2) is 36.5 Å². The average Bonchev–Trinajstić information content (AvgIpc) is 2.89. The van der Waals surface area contributed by atoms with Gasteiger partial charge in [0.1, 0.15) is 5.65 Å². The zero-order chi connectivity index (χ0) is 21.6. The van der Waals surface area contributed by atoms with Gasteiger partial charge in [0.2, 0.25) is 5.91 Å². The first-order valence-corrected chi connectivity index (χ1v) is 9.45. The summed E-state index contributed by atoms with van der Waals surface area (Å²) < 4.78 is 40.3. The third-order valence-corrected chi connectivity index (χ3v) is 4.81. The fourth-order valence-corrected chi connectivity index (χ4v) is 3.18. The molecule has 0 saturated carbocycles. The number of nitrogens with zero attached hydrogens (tertiary/aromatic N) is 2. The van der Waals surface area contributed by atoms with Gasteiger partial charge in [-0.15, -0.1) is 0 Å². The van der Waals surface area contributed by atoms with E-state index >= 15 is 0 Å². The molecule has 1 amide bonds. The van der Waals surface area contributed by atoms with E-state index in [0.29, 0.717) is 16.9 Å². The normalized spacial score (nSPS) is 12.4. The van der Waals surface area contributed by atoms with Crippen LogP contribution < -0.4 is 5.32 Å². The number of nitrogens with one attached hydrogen (secondary N) is 1. The summed E-state index contributed by atoms with van der Waals surface area (Å²) in [7, 11) is 0. The van der Waals surface area contributed by atoms with Crippen molar-refractivity contribution in [1.82, 2.24) is 9.38 Å². The molecule has 0 spiro atoms. The summed E-state index contributed by atoms with van der Waals surface area (Å²) in [5, 5.41) is 3.28. The van der Waals surface area contributed by atoms with Crippen LogP contribution in [0, 0.1) is 5.41 Å². The molecule has 9 heteroatoms. The number of hydrogen-bond donors (Lipinski definition) is 1. The number of anilines is 1. The van der Waals surface area contributed by atoms with Gasteiger partial charge in [0, 0.05) is 24.2 Å². The van der Waals surface area contributed by atoms with Crippen LogP contribution in [0.5, 0.6) is 0 Å². The van der Waals surface area contributed by atoms with Gasteiger partial charge in [-0.2, -0.15) is 13.2 Å². The SMILES string of the molecule is CC(C)(C)CC(=O)Nc1nc2cc(Cl)c(Cl)cn2c1-c1ccc(C(F)(F)F)cc1. The molecule has 154 valence electrons. The second kappa shape index (κ2) is 7.54. The van der Waals surface area contributed by atoms with Gasteiger partial charge in [-0.25, -0.2) is 4.98 Å². The van der Waals surface area contributed by atoms with Crippen molar-refractivity contribution >= 4 is 40.6 Å². The lowest BCUT2D eigenvalue weighted by atomic mass is 9.92. The molecule has 29 heavy (non-hydrogen) atoms. The van der Waals surface area contributed by atoms with Crippen LogP contribution in [0.4, 0.5) is 19.0 Å². The van der Waals surface area contributed by atoms with Crippen molar-refractivity contribution in [2.45, 2.75) is 33.4 Å². The standard InChI is InChI=1S/C20H18Cl2F3N3O/c1-19(2,3)9-16(29)27-18-17(11-4-6-12(7-5-11)20(23,24)25)28-10-14(22)13(21)8-15(28)26-18/h4-8,10H,9H2,1-3H3,(H,27,29). The quantitative estimate of drug-likeness (QED) is 0.489. The number of benzene rings is 1. The lowest BCUT2D eigenvalue weighted by Crippen LogP contribution is -2.20. The Morgan fingerprint density at radius 2 is 1.72 bits per heavy atom. The van der Waals surface area contributed by atoms with Crippen LogP contribution in [-0.4, -0.2) is 15.3 Å². The monoisotopic (exact) mass is 443 g/mol. The van der Waals surface area contributed by atoms with Crippen molar-refractivity contribution in [3.63, 3.8) is 0 Å². The number of alkyl halides is 3. The highest BCUT2D eigenvalue weighted by Crippen LogP contribution is 2.35. The van der Waals surface area contributed by atoms with Gasteiger partial charge in [-0.05, 0) is 17.5 Å². The largest absolute Gasteiger partial charge is 0.416 e. The highest BCUT2D eigenvalue weighted by molar-refractivity contribution is 6.42. The molecule has 1 N–H and O–H groups in total. The van der Waals surface area contributed by atoms with E-state index in [0.717, 1.165) is 12.1 Å². The molecule has 0 aliphatic carbocycles. The Morgan fingerprint density at radius 3 is 2.28 bits per heavy atom. The summed E-state index contributed by atoms with van der Waals surface area (Å²) in [6, 6.07) is 6.14. The van der Waals surface area contributed by atoms with Gasteiger partial charge in [0.15, 0.2) is 5.82 Å². The summed E-state index contributed by atoms with van der Waals surface area (Å²) in [4.78, 5) is 16.8. The summed E-state index contributed by atoms with van der Waals surface area (Å²) in [6.45, 7) is 5.77.